The average molecular weight is 396 g/mol. The lowest BCUT2D eigenvalue weighted by molar-refractivity contribution is -0.143. The van der Waals surface area contributed by atoms with Gasteiger partial charge in [-0.25, -0.2) is 0 Å². The number of rotatable bonds is 5. The summed E-state index contributed by atoms with van der Waals surface area (Å²) in [5, 5.41) is 9.95. The predicted octanol–water partition coefficient (Wildman–Crippen LogP) is 3.17. The molecule has 1 aliphatic heterocycles. The summed E-state index contributed by atoms with van der Waals surface area (Å²) in [5.41, 5.74) is 0.917. The first-order valence-electron chi connectivity index (χ1n) is 7.50. The van der Waals surface area contributed by atoms with E-state index < -0.39 is 5.97 Å². The van der Waals surface area contributed by atoms with Gasteiger partial charge in [0.1, 0.15) is 0 Å². The number of carbonyl (C=O) groups is 2. The minimum Gasteiger partial charge on any atom is -0.481 e. The molecular weight excluding hydrogens is 375 g/mol. The van der Waals surface area contributed by atoms with Gasteiger partial charge in [0.15, 0.2) is 0 Å². The topological polar surface area (TPSA) is 60.9 Å². The number of likely N-dealkylation sites (N-methyl/N-ethyl adjacent to an activating group) is 1. The molecule has 0 saturated carbocycles. The van der Waals surface area contributed by atoms with Crippen molar-refractivity contribution in [1.29, 1.82) is 0 Å². The van der Waals surface area contributed by atoms with Crippen LogP contribution in [0.25, 0.3) is 0 Å². The highest BCUT2D eigenvalue weighted by atomic mass is 35.5. The number of carbonyl (C=O) groups excluding carboxylic acids is 1. The second-order valence-electron chi connectivity index (χ2n) is 5.89. The van der Waals surface area contributed by atoms with Crippen LogP contribution in [-0.4, -0.2) is 53.5 Å². The van der Waals surface area contributed by atoms with Gasteiger partial charge < -0.3 is 10.0 Å². The van der Waals surface area contributed by atoms with Crippen molar-refractivity contribution in [2.45, 2.75) is 19.4 Å². The zero-order valence-corrected chi connectivity index (χ0v) is 15.7. The van der Waals surface area contributed by atoms with E-state index in [4.69, 9.17) is 28.3 Å². The van der Waals surface area contributed by atoms with Gasteiger partial charge in [-0.2, -0.15) is 0 Å². The van der Waals surface area contributed by atoms with Gasteiger partial charge >= 0.3 is 5.97 Å². The molecule has 1 fully saturated rings. The molecule has 2 rings (SSSR count). The third-order valence-corrected chi connectivity index (χ3v) is 4.86. The maximum Gasteiger partial charge on any atom is 0.306 e. The van der Waals surface area contributed by atoms with Crippen molar-refractivity contribution >= 4 is 47.5 Å². The van der Waals surface area contributed by atoms with Crippen LogP contribution in [0.4, 0.5) is 0 Å². The third kappa shape index (κ3) is 5.81. The number of hydrogen-bond acceptors (Lipinski definition) is 3. The van der Waals surface area contributed by atoms with Crippen LogP contribution in [0.1, 0.15) is 18.4 Å². The van der Waals surface area contributed by atoms with Gasteiger partial charge in [0, 0.05) is 13.6 Å². The van der Waals surface area contributed by atoms with Crippen molar-refractivity contribution in [2.24, 2.45) is 5.92 Å². The molecule has 0 atom stereocenters. The molecule has 0 radical (unpaired) electrons. The highest BCUT2D eigenvalue weighted by molar-refractivity contribution is 6.42. The molecule has 1 saturated heterocycles. The maximum atomic E-state index is 12.3. The zero-order chi connectivity index (χ0) is 17.0. The molecule has 1 heterocycles. The fourth-order valence-electron chi connectivity index (χ4n) is 2.65. The number of aliphatic carboxylic acids is 1. The van der Waals surface area contributed by atoms with Gasteiger partial charge in [-0.1, -0.05) is 29.3 Å². The minimum absolute atomic E-state index is 0. The smallest absolute Gasteiger partial charge is 0.306 e. The first kappa shape index (κ1) is 21.0. The van der Waals surface area contributed by atoms with Gasteiger partial charge in [-0.15, -0.1) is 12.4 Å². The Morgan fingerprint density at radius 1 is 1.25 bits per heavy atom. The molecule has 0 aliphatic carbocycles. The molecular formula is C16H21Cl3N2O3. The van der Waals surface area contributed by atoms with E-state index in [1.165, 1.54) is 0 Å². The Kier molecular flexibility index (Phi) is 8.30. The lowest BCUT2D eigenvalue weighted by Gasteiger charge is -2.30. The monoisotopic (exact) mass is 394 g/mol. The predicted molar refractivity (Wildman–Crippen MR) is 97.0 cm³/mol. The first-order valence-corrected chi connectivity index (χ1v) is 8.25. The molecule has 0 bridgehead atoms. The Bertz CT molecular complexity index is 590. The quantitative estimate of drug-likeness (QED) is 0.832. The Morgan fingerprint density at radius 2 is 1.88 bits per heavy atom. The number of amides is 1. The molecule has 134 valence electrons. The summed E-state index contributed by atoms with van der Waals surface area (Å²) in [6.45, 7) is 2.05. The largest absolute Gasteiger partial charge is 0.481 e. The molecule has 1 aromatic carbocycles. The highest BCUT2D eigenvalue weighted by Gasteiger charge is 2.26. The number of carboxylic acids is 1. The van der Waals surface area contributed by atoms with E-state index in [2.05, 4.69) is 0 Å². The molecule has 5 nitrogen and oxygen atoms in total. The van der Waals surface area contributed by atoms with Gasteiger partial charge in [0.25, 0.3) is 0 Å². The van der Waals surface area contributed by atoms with Crippen LogP contribution in [0.5, 0.6) is 0 Å². The number of hydrogen-bond donors (Lipinski definition) is 1. The van der Waals surface area contributed by atoms with E-state index in [0.717, 1.165) is 5.56 Å². The Hall–Kier alpha value is -1.01. The van der Waals surface area contributed by atoms with E-state index >= 15 is 0 Å². The first-order chi connectivity index (χ1) is 10.9. The summed E-state index contributed by atoms with van der Waals surface area (Å²) in [6, 6.07) is 5.32. The van der Waals surface area contributed by atoms with E-state index in [1.807, 2.05) is 11.0 Å². The minimum atomic E-state index is -0.743. The Morgan fingerprint density at radius 3 is 2.42 bits per heavy atom. The molecule has 24 heavy (non-hydrogen) atoms. The second-order valence-corrected chi connectivity index (χ2v) is 6.70. The SMILES string of the molecule is CN(Cc1ccc(Cl)c(Cl)c1)C(=O)CN1CCC(C(=O)O)CC1.Cl. The summed E-state index contributed by atoms with van der Waals surface area (Å²) in [6.07, 6.45) is 1.19. The number of likely N-dealkylation sites (tertiary alicyclic amines) is 1. The summed E-state index contributed by atoms with van der Waals surface area (Å²) in [7, 11) is 1.74. The molecule has 1 aliphatic rings. The molecule has 0 aromatic heterocycles. The molecule has 1 aromatic rings. The van der Waals surface area contributed by atoms with Gasteiger partial charge in [-0.3, -0.25) is 14.5 Å². The van der Waals surface area contributed by atoms with Crippen molar-refractivity contribution in [3.05, 3.63) is 33.8 Å². The van der Waals surface area contributed by atoms with Gasteiger partial charge in [-0.05, 0) is 43.6 Å². The number of nitrogens with zero attached hydrogens (tertiary/aromatic N) is 2. The van der Waals surface area contributed by atoms with Crippen molar-refractivity contribution < 1.29 is 14.7 Å². The average Bonchev–Trinajstić information content (AvgIpc) is 2.51. The Balaban J connectivity index is 0.00000288. The zero-order valence-electron chi connectivity index (χ0n) is 13.4. The van der Waals surface area contributed by atoms with Crippen LogP contribution in [0.2, 0.25) is 10.0 Å². The van der Waals surface area contributed by atoms with E-state index in [1.54, 1.807) is 24.1 Å². The molecule has 8 heteroatoms. The van der Waals surface area contributed by atoms with Crippen LogP contribution in [-0.2, 0) is 16.1 Å². The van der Waals surface area contributed by atoms with E-state index in [9.17, 15) is 9.59 Å². The standard InChI is InChI=1S/C16H20Cl2N2O3.ClH/c1-19(9-11-2-3-13(17)14(18)8-11)15(21)10-20-6-4-12(5-7-20)16(22)23;/h2-3,8,12H,4-7,9-10H2,1H3,(H,22,23);1H. The van der Waals surface area contributed by atoms with Gasteiger partial charge in [0.2, 0.25) is 5.91 Å². The number of benzene rings is 1. The number of halogens is 3. The van der Waals surface area contributed by atoms with Crippen LogP contribution in [0, 0.1) is 5.92 Å². The summed E-state index contributed by atoms with van der Waals surface area (Å²) < 4.78 is 0. The Labute approximate surface area is 157 Å². The van der Waals surface area contributed by atoms with Crippen molar-refractivity contribution in [3.63, 3.8) is 0 Å². The van der Waals surface area contributed by atoms with Crippen LogP contribution >= 0.6 is 35.6 Å². The molecule has 1 amide bonds. The van der Waals surface area contributed by atoms with Crippen molar-refractivity contribution in [1.82, 2.24) is 9.80 Å². The summed E-state index contributed by atoms with van der Waals surface area (Å²) >= 11 is 11.9. The lowest BCUT2D eigenvalue weighted by Crippen LogP contribution is -2.43. The van der Waals surface area contributed by atoms with Crippen molar-refractivity contribution in [3.8, 4) is 0 Å². The van der Waals surface area contributed by atoms with Crippen LogP contribution in [0.3, 0.4) is 0 Å². The third-order valence-electron chi connectivity index (χ3n) is 4.13. The fourth-order valence-corrected chi connectivity index (χ4v) is 2.97. The molecule has 0 spiro atoms. The lowest BCUT2D eigenvalue weighted by atomic mass is 9.97. The molecule has 1 N–H and O–H groups in total. The van der Waals surface area contributed by atoms with Crippen molar-refractivity contribution in [2.75, 3.05) is 26.7 Å². The number of piperidine rings is 1. The summed E-state index contributed by atoms with van der Waals surface area (Å²) in [4.78, 5) is 26.9. The maximum absolute atomic E-state index is 12.3. The van der Waals surface area contributed by atoms with Gasteiger partial charge in [0.05, 0.1) is 22.5 Å². The normalized spacial score (nSPS) is 15.6. The summed E-state index contributed by atoms with van der Waals surface area (Å²) in [5.74, 6) is -1.02. The van der Waals surface area contributed by atoms with E-state index in [0.29, 0.717) is 49.1 Å². The fraction of sp³-hybridized carbons (Fsp3) is 0.500. The second kappa shape index (κ2) is 9.47. The van der Waals surface area contributed by atoms with Crippen LogP contribution < -0.4 is 0 Å². The number of carboxylic acid groups (broad SMARTS) is 1. The van der Waals surface area contributed by atoms with Crippen LogP contribution in [0.15, 0.2) is 18.2 Å². The van der Waals surface area contributed by atoms with E-state index in [-0.39, 0.29) is 24.2 Å². The highest BCUT2D eigenvalue weighted by Crippen LogP contribution is 2.23. The molecule has 0 unspecified atom stereocenters.